The number of rotatable bonds is 7. The largest absolute Gasteiger partial charge is 0.497 e. The SMILES string of the molecule is COCCCNC(=O)Cn1ccc2cc(OC)ccc21. The summed E-state index contributed by atoms with van der Waals surface area (Å²) in [5.41, 5.74) is 1.03. The molecule has 2 aromatic rings. The summed E-state index contributed by atoms with van der Waals surface area (Å²) in [5.74, 6) is 0.827. The van der Waals surface area contributed by atoms with Gasteiger partial charge in [-0.3, -0.25) is 4.79 Å². The maximum absolute atomic E-state index is 11.8. The van der Waals surface area contributed by atoms with Crippen LogP contribution in [0.2, 0.25) is 0 Å². The van der Waals surface area contributed by atoms with Gasteiger partial charge in [0.15, 0.2) is 0 Å². The van der Waals surface area contributed by atoms with Crippen LogP contribution in [-0.4, -0.2) is 37.8 Å². The molecule has 20 heavy (non-hydrogen) atoms. The van der Waals surface area contributed by atoms with Gasteiger partial charge < -0.3 is 19.4 Å². The smallest absolute Gasteiger partial charge is 0.239 e. The van der Waals surface area contributed by atoms with Crippen LogP contribution in [0, 0.1) is 0 Å². The predicted octanol–water partition coefficient (Wildman–Crippen LogP) is 1.80. The normalized spacial score (nSPS) is 10.7. The van der Waals surface area contributed by atoms with E-state index in [0.29, 0.717) is 19.7 Å². The molecular weight excluding hydrogens is 256 g/mol. The number of hydrogen-bond donors (Lipinski definition) is 1. The van der Waals surface area contributed by atoms with Crippen molar-refractivity contribution in [3.05, 3.63) is 30.5 Å². The molecule has 0 aliphatic rings. The van der Waals surface area contributed by atoms with Crippen LogP contribution in [0.1, 0.15) is 6.42 Å². The van der Waals surface area contributed by atoms with Crippen LogP contribution in [0.15, 0.2) is 30.5 Å². The number of fused-ring (bicyclic) bond motifs is 1. The van der Waals surface area contributed by atoms with Crippen LogP contribution in [0.4, 0.5) is 0 Å². The lowest BCUT2D eigenvalue weighted by atomic mass is 10.2. The molecule has 0 saturated heterocycles. The van der Waals surface area contributed by atoms with E-state index in [0.717, 1.165) is 23.1 Å². The molecule has 0 aliphatic heterocycles. The molecule has 0 saturated carbocycles. The van der Waals surface area contributed by atoms with E-state index in [4.69, 9.17) is 9.47 Å². The molecule has 1 aromatic heterocycles. The molecule has 108 valence electrons. The number of ether oxygens (including phenoxy) is 2. The van der Waals surface area contributed by atoms with Crippen LogP contribution < -0.4 is 10.1 Å². The fourth-order valence-electron chi connectivity index (χ4n) is 2.10. The summed E-state index contributed by atoms with van der Waals surface area (Å²) < 4.78 is 12.1. The van der Waals surface area contributed by atoms with Crippen molar-refractivity contribution in [1.82, 2.24) is 9.88 Å². The van der Waals surface area contributed by atoms with E-state index in [1.165, 1.54) is 0 Å². The second-order valence-electron chi connectivity index (χ2n) is 4.56. The quantitative estimate of drug-likeness (QED) is 0.785. The minimum Gasteiger partial charge on any atom is -0.497 e. The monoisotopic (exact) mass is 276 g/mol. The summed E-state index contributed by atoms with van der Waals surface area (Å²) in [6, 6.07) is 7.81. The average molecular weight is 276 g/mol. The Balaban J connectivity index is 1.97. The van der Waals surface area contributed by atoms with E-state index >= 15 is 0 Å². The number of carbonyl (C=O) groups is 1. The van der Waals surface area contributed by atoms with Crippen molar-refractivity contribution in [2.75, 3.05) is 27.4 Å². The van der Waals surface area contributed by atoms with Crippen molar-refractivity contribution in [2.45, 2.75) is 13.0 Å². The topological polar surface area (TPSA) is 52.5 Å². The Kier molecular flexibility index (Phi) is 5.01. The standard InChI is InChI=1S/C15H20N2O3/c1-19-9-3-7-16-15(18)11-17-8-6-12-10-13(20-2)4-5-14(12)17/h4-6,8,10H,3,7,9,11H2,1-2H3,(H,16,18). The third-order valence-electron chi connectivity index (χ3n) is 3.14. The van der Waals surface area contributed by atoms with Crippen LogP contribution in [0.25, 0.3) is 10.9 Å². The first-order valence-corrected chi connectivity index (χ1v) is 6.63. The van der Waals surface area contributed by atoms with Gasteiger partial charge in [0.05, 0.1) is 7.11 Å². The lowest BCUT2D eigenvalue weighted by Gasteiger charge is -2.07. The molecule has 5 heteroatoms. The number of benzene rings is 1. The highest BCUT2D eigenvalue weighted by molar-refractivity contribution is 5.84. The van der Waals surface area contributed by atoms with Crippen LogP contribution in [0.3, 0.4) is 0 Å². The van der Waals surface area contributed by atoms with Crippen LogP contribution in [0.5, 0.6) is 5.75 Å². The molecule has 1 N–H and O–H groups in total. The van der Waals surface area contributed by atoms with Gasteiger partial charge in [0.2, 0.25) is 5.91 Å². The van der Waals surface area contributed by atoms with E-state index in [1.54, 1.807) is 14.2 Å². The van der Waals surface area contributed by atoms with Crippen molar-refractivity contribution in [3.63, 3.8) is 0 Å². The summed E-state index contributed by atoms with van der Waals surface area (Å²) >= 11 is 0. The summed E-state index contributed by atoms with van der Waals surface area (Å²) in [5, 5.41) is 3.94. The zero-order valence-corrected chi connectivity index (χ0v) is 11.9. The molecule has 0 radical (unpaired) electrons. The first kappa shape index (κ1) is 14.4. The number of hydrogen-bond acceptors (Lipinski definition) is 3. The molecule has 0 unspecified atom stereocenters. The summed E-state index contributed by atoms with van der Waals surface area (Å²) in [7, 11) is 3.30. The van der Waals surface area contributed by atoms with Gasteiger partial charge in [-0.05, 0) is 30.7 Å². The number of aromatic nitrogens is 1. The van der Waals surface area contributed by atoms with E-state index in [2.05, 4.69) is 5.32 Å². The minimum atomic E-state index is 0.00872. The third kappa shape index (κ3) is 3.51. The summed E-state index contributed by atoms with van der Waals surface area (Å²) in [6.07, 6.45) is 2.74. The molecule has 0 bridgehead atoms. The van der Waals surface area contributed by atoms with Gasteiger partial charge in [-0.2, -0.15) is 0 Å². The highest BCUT2D eigenvalue weighted by Crippen LogP contribution is 2.21. The molecule has 0 atom stereocenters. The predicted molar refractivity (Wildman–Crippen MR) is 78.0 cm³/mol. The van der Waals surface area contributed by atoms with Gasteiger partial charge in [0.25, 0.3) is 0 Å². The number of nitrogens with one attached hydrogen (secondary N) is 1. The molecule has 1 amide bonds. The summed E-state index contributed by atoms with van der Waals surface area (Å²) in [4.78, 5) is 11.8. The third-order valence-corrected chi connectivity index (χ3v) is 3.14. The highest BCUT2D eigenvalue weighted by atomic mass is 16.5. The van der Waals surface area contributed by atoms with E-state index < -0.39 is 0 Å². The van der Waals surface area contributed by atoms with Gasteiger partial charge in [-0.25, -0.2) is 0 Å². The molecule has 1 aromatic carbocycles. The second-order valence-corrected chi connectivity index (χ2v) is 4.56. The fraction of sp³-hybridized carbons (Fsp3) is 0.400. The molecule has 0 spiro atoms. The number of carbonyl (C=O) groups excluding carboxylic acids is 1. The first-order chi connectivity index (χ1) is 9.74. The maximum atomic E-state index is 11.8. The first-order valence-electron chi connectivity index (χ1n) is 6.63. The Hall–Kier alpha value is -2.01. The van der Waals surface area contributed by atoms with E-state index in [9.17, 15) is 4.79 Å². The Morgan fingerprint density at radius 3 is 2.90 bits per heavy atom. The molecule has 0 aliphatic carbocycles. The van der Waals surface area contributed by atoms with Crippen molar-refractivity contribution in [1.29, 1.82) is 0 Å². The minimum absolute atomic E-state index is 0.00872. The van der Waals surface area contributed by atoms with Gasteiger partial charge in [0.1, 0.15) is 12.3 Å². The second kappa shape index (κ2) is 6.96. The molecule has 1 heterocycles. The van der Waals surface area contributed by atoms with Crippen molar-refractivity contribution in [2.24, 2.45) is 0 Å². The molecular formula is C15H20N2O3. The average Bonchev–Trinajstić information content (AvgIpc) is 2.86. The van der Waals surface area contributed by atoms with Gasteiger partial charge in [-0.1, -0.05) is 0 Å². The number of amides is 1. The molecule has 2 rings (SSSR count). The van der Waals surface area contributed by atoms with Gasteiger partial charge in [0, 0.05) is 37.4 Å². The van der Waals surface area contributed by atoms with E-state index in [-0.39, 0.29) is 5.91 Å². The molecule has 0 fully saturated rings. The Morgan fingerprint density at radius 2 is 2.15 bits per heavy atom. The number of nitrogens with zero attached hydrogens (tertiary/aromatic N) is 1. The van der Waals surface area contributed by atoms with Crippen molar-refractivity contribution >= 4 is 16.8 Å². The van der Waals surface area contributed by atoms with Crippen molar-refractivity contribution in [3.8, 4) is 5.75 Å². The van der Waals surface area contributed by atoms with Gasteiger partial charge in [-0.15, -0.1) is 0 Å². The Morgan fingerprint density at radius 1 is 1.30 bits per heavy atom. The Bertz CT molecular complexity index is 578. The van der Waals surface area contributed by atoms with Crippen LogP contribution in [-0.2, 0) is 16.1 Å². The van der Waals surface area contributed by atoms with E-state index in [1.807, 2.05) is 35.0 Å². The van der Waals surface area contributed by atoms with Crippen molar-refractivity contribution < 1.29 is 14.3 Å². The maximum Gasteiger partial charge on any atom is 0.239 e. The zero-order chi connectivity index (χ0) is 14.4. The lowest BCUT2D eigenvalue weighted by Crippen LogP contribution is -2.28. The zero-order valence-electron chi connectivity index (χ0n) is 11.9. The number of methoxy groups -OCH3 is 2. The molecule has 5 nitrogen and oxygen atoms in total. The van der Waals surface area contributed by atoms with Gasteiger partial charge >= 0.3 is 0 Å². The summed E-state index contributed by atoms with van der Waals surface area (Å²) in [6.45, 7) is 1.62. The fourth-order valence-corrected chi connectivity index (χ4v) is 2.10. The highest BCUT2D eigenvalue weighted by Gasteiger charge is 2.06. The van der Waals surface area contributed by atoms with Crippen LogP contribution >= 0.6 is 0 Å². The Labute approximate surface area is 118 Å². The lowest BCUT2D eigenvalue weighted by molar-refractivity contribution is -0.121.